The second-order valence-corrected chi connectivity index (χ2v) is 8.01. The minimum absolute atomic E-state index is 0.0406. The Bertz CT molecular complexity index is 915. The van der Waals surface area contributed by atoms with Crippen molar-refractivity contribution in [3.63, 3.8) is 0 Å². The molecule has 6 heteroatoms. The maximum Gasteiger partial charge on any atom is 0.233 e. The highest BCUT2D eigenvalue weighted by Gasteiger charge is 2.50. The number of fused-ring (bicyclic) bond motifs is 3. The van der Waals surface area contributed by atoms with Crippen LogP contribution in [0.4, 0.5) is 0 Å². The van der Waals surface area contributed by atoms with E-state index >= 15 is 0 Å². The summed E-state index contributed by atoms with van der Waals surface area (Å²) in [4.78, 5) is 4.76. The van der Waals surface area contributed by atoms with Gasteiger partial charge >= 0.3 is 0 Å². The van der Waals surface area contributed by atoms with Crippen molar-refractivity contribution in [1.29, 1.82) is 0 Å². The van der Waals surface area contributed by atoms with Gasteiger partial charge in [-0.05, 0) is 75.8 Å². The summed E-state index contributed by atoms with van der Waals surface area (Å²) in [7, 11) is 0. The standard InChI is InChI=1S/C20H23N5O/c1-14-6-13-25(23-14)16-4-2-15(3-5-16)17-22-18(26-24-17)19-7-10-20(21,11-8-19)12-9-19/h2-6,13H,7-12,21H2,1H3. The summed E-state index contributed by atoms with van der Waals surface area (Å²) in [5.74, 6) is 1.45. The van der Waals surface area contributed by atoms with Gasteiger partial charge in [-0.15, -0.1) is 0 Å². The van der Waals surface area contributed by atoms with Crippen molar-refractivity contribution in [2.24, 2.45) is 5.73 Å². The van der Waals surface area contributed by atoms with Crippen molar-refractivity contribution in [3.8, 4) is 17.1 Å². The van der Waals surface area contributed by atoms with Crippen LogP contribution < -0.4 is 5.73 Å². The molecular formula is C20H23N5O. The number of hydrogen-bond acceptors (Lipinski definition) is 5. The van der Waals surface area contributed by atoms with Gasteiger partial charge in [-0.3, -0.25) is 0 Å². The first kappa shape index (κ1) is 15.8. The summed E-state index contributed by atoms with van der Waals surface area (Å²) in [6.07, 6.45) is 8.31. The Balaban J connectivity index is 1.40. The van der Waals surface area contributed by atoms with Gasteiger partial charge in [-0.2, -0.15) is 10.1 Å². The minimum atomic E-state index is 0.0406. The lowest BCUT2D eigenvalue weighted by Crippen LogP contribution is -2.53. The average molecular weight is 349 g/mol. The lowest BCUT2D eigenvalue weighted by Gasteiger charge is -2.49. The molecule has 3 saturated carbocycles. The molecule has 0 radical (unpaired) electrons. The molecule has 6 nitrogen and oxygen atoms in total. The SMILES string of the molecule is Cc1ccn(-c2ccc(-c3noc(C45CCC(N)(CC4)CC5)n3)cc2)n1. The zero-order valence-electron chi connectivity index (χ0n) is 15.0. The zero-order valence-corrected chi connectivity index (χ0v) is 15.0. The van der Waals surface area contributed by atoms with Gasteiger partial charge in [0.05, 0.1) is 11.4 Å². The Labute approximate surface area is 152 Å². The molecule has 3 aliphatic rings. The van der Waals surface area contributed by atoms with E-state index in [1.807, 2.05) is 48.1 Å². The van der Waals surface area contributed by atoms with Crippen LogP contribution in [0.1, 0.15) is 50.1 Å². The second-order valence-electron chi connectivity index (χ2n) is 8.01. The molecular weight excluding hydrogens is 326 g/mol. The van der Waals surface area contributed by atoms with E-state index in [4.69, 9.17) is 15.2 Å². The topological polar surface area (TPSA) is 82.8 Å². The van der Waals surface area contributed by atoms with E-state index in [0.29, 0.717) is 5.82 Å². The molecule has 0 aliphatic heterocycles. The smallest absolute Gasteiger partial charge is 0.233 e. The molecule has 2 aromatic heterocycles. The van der Waals surface area contributed by atoms with Gasteiger partial charge in [0.2, 0.25) is 11.7 Å². The van der Waals surface area contributed by atoms with E-state index in [2.05, 4.69) is 10.3 Å². The van der Waals surface area contributed by atoms with Gasteiger partial charge in [0, 0.05) is 22.7 Å². The summed E-state index contributed by atoms with van der Waals surface area (Å²) < 4.78 is 7.57. The van der Waals surface area contributed by atoms with Gasteiger partial charge in [0.15, 0.2) is 0 Å². The number of benzene rings is 1. The quantitative estimate of drug-likeness (QED) is 0.782. The largest absolute Gasteiger partial charge is 0.338 e. The van der Waals surface area contributed by atoms with E-state index in [1.54, 1.807) is 0 Å². The summed E-state index contributed by atoms with van der Waals surface area (Å²) in [5.41, 5.74) is 9.48. The Morgan fingerprint density at radius 3 is 2.31 bits per heavy atom. The molecule has 6 rings (SSSR count). The molecule has 3 fully saturated rings. The van der Waals surface area contributed by atoms with Gasteiger partial charge in [0.1, 0.15) is 0 Å². The predicted molar refractivity (Wildman–Crippen MR) is 97.9 cm³/mol. The van der Waals surface area contributed by atoms with E-state index in [1.165, 1.54) is 0 Å². The third kappa shape index (κ3) is 2.48. The summed E-state index contributed by atoms with van der Waals surface area (Å²) in [5, 5.41) is 8.69. The van der Waals surface area contributed by atoms with Crippen LogP contribution in [0.3, 0.4) is 0 Å². The zero-order chi connectivity index (χ0) is 17.8. The monoisotopic (exact) mass is 349 g/mol. The van der Waals surface area contributed by atoms with Crippen molar-refractivity contribution < 1.29 is 4.52 Å². The maximum absolute atomic E-state index is 6.42. The lowest BCUT2D eigenvalue weighted by molar-refractivity contribution is 0.0805. The van der Waals surface area contributed by atoms with E-state index in [0.717, 1.165) is 61.4 Å². The van der Waals surface area contributed by atoms with Gasteiger partial charge in [-0.1, -0.05) is 5.16 Å². The molecule has 0 saturated heterocycles. The van der Waals surface area contributed by atoms with E-state index < -0.39 is 0 Å². The first-order valence-corrected chi connectivity index (χ1v) is 9.32. The van der Waals surface area contributed by atoms with Crippen LogP contribution in [0.15, 0.2) is 41.1 Å². The Hall–Kier alpha value is -2.47. The molecule has 2 N–H and O–H groups in total. The third-order valence-electron chi connectivity index (χ3n) is 6.30. The van der Waals surface area contributed by atoms with Crippen molar-refractivity contribution in [2.45, 2.75) is 56.4 Å². The molecule has 3 aromatic rings. The van der Waals surface area contributed by atoms with Gasteiger partial charge in [-0.25, -0.2) is 4.68 Å². The van der Waals surface area contributed by atoms with Crippen LogP contribution in [-0.2, 0) is 5.41 Å². The number of hydrogen-bond donors (Lipinski definition) is 1. The average Bonchev–Trinajstić information content (AvgIpc) is 3.33. The molecule has 0 amide bonds. The molecule has 2 bridgehead atoms. The molecule has 0 spiro atoms. The first-order valence-electron chi connectivity index (χ1n) is 9.32. The summed E-state index contributed by atoms with van der Waals surface area (Å²) in [6.45, 7) is 1.98. The van der Waals surface area contributed by atoms with Crippen LogP contribution in [0.5, 0.6) is 0 Å². The lowest BCUT2D eigenvalue weighted by atomic mass is 9.57. The van der Waals surface area contributed by atoms with E-state index in [9.17, 15) is 0 Å². The van der Waals surface area contributed by atoms with Crippen molar-refractivity contribution in [1.82, 2.24) is 19.9 Å². The number of aromatic nitrogens is 4. The number of rotatable bonds is 3. The van der Waals surface area contributed by atoms with E-state index in [-0.39, 0.29) is 11.0 Å². The fourth-order valence-corrected chi connectivity index (χ4v) is 4.41. The minimum Gasteiger partial charge on any atom is -0.338 e. The van der Waals surface area contributed by atoms with Gasteiger partial charge < -0.3 is 10.3 Å². The third-order valence-corrected chi connectivity index (χ3v) is 6.30. The predicted octanol–water partition coefficient (Wildman–Crippen LogP) is 3.53. The highest BCUT2D eigenvalue weighted by atomic mass is 16.5. The highest BCUT2D eigenvalue weighted by Crippen LogP contribution is 2.52. The van der Waals surface area contributed by atoms with Crippen LogP contribution >= 0.6 is 0 Å². The summed E-state index contributed by atoms with van der Waals surface area (Å²) >= 11 is 0. The van der Waals surface area contributed by atoms with Crippen LogP contribution in [-0.4, -0.2) is 25.5 Å². The Morgan fingerprint density at radius 1 is 1.00 bits per heavy atom. The van der Waals surface area contributed by atoms with Crippen molar-refractivity contribution >= 4 is 0 Å². The number of aryl methyl sites for hydroxylation is 1. The molecule has 0 atom stereocenters. The number of nitrogens with two attached hydrogens (primary N) is 1. The Kier molecular flexibility index (Phi) is 3.34. The fraction of sp³-hybridized carbons (Fsp3) is 0.450. The van der Waals surface area contributed by atoms with Crippen LogP contribution in [0, 0.1) is 6.92 Å². The molecule has 26 heavy (non-hydrogen) atoms. The highest BCUT2D eigenvalue weighted by molar-refractivity contribution is 5.56. The molecule has 1 aromatic carbocycles. The molecule has 2 heterocycles. The molecule has 3 aliphatic carbocycles. The van der Waals surface area contributed by atoms with Crippen molar-refractivity contribution in [3.05, 3.63) is 48.1 Å². The van der Waals surface area contributed by atoms with Crippen LogP contribution in [0.25, 0.3) is 17.1 Å². The van der Waals surface area contributed by atoms with Crippen molar-refractivity contribution in [2.75, 3.05) is 0 Å². The number of nitrogens with zero attached hydrogens (tertiary/aromatic N) is 4. The van der Waals surface area contributed by atoms with Crippen LogP contribution in [0.2, 0.25) is 0 Å². The second kappa shape index (κ2) is 5.51. The fourth-order valence-electron chi connectivity index (χ4n) is 4.41. The molecule has 134 valence electrons. The Morgan fingerprint density at radius 2 is 1.69 bits per heavy atom. The maximum atomic E-state index is 6.42. The molecule has 0 unspecified atom stereocenters. The normalized spacial score (nSPS) is 27.8. The summed E-state index contributed by atoms with van der Waals surface area (Å²) in [6, 6.07) is 10.1. The van der Waals surface area contributed by atoms with Gasteiger partial charge in [0.25, 0.3) is 0 Å². The first-order chi connectivity index (χ1) is 12.6.